The summed E-state index contributed by atoms with van der Waals surface area (Å²) in [5, 5.41) is 2.67. The van der Waals surface area contributed by atoms with Gasteiger partial charge in [-0.2, -0.15) is 4.72 Å². The summed E-state index contributed by atoms with van der Waals surface area (Å²) in [5.41, 5.74) is 1.52. The van der Waals surface area contributed by atoms with Gasteiger partial charge in [0.25, 0.3) is 0 Å². The lowest BCUT2D eigenvalue weighted by atomic mass is 10.2. The summed E-state index contributed by atoms with van der Waals surface area (Å²) in [4.78, 5) is 12.3. The van der Waals surface area contributed by atoms with E-state index in [0.717, 1.165) is 5.56 Å². The monoisotopic (exact) mass is 362 g/mol. The molecule has 1 amide bonds. The Hall–Kier alpha value is -2.38. The third kappa shape index (κ3) is 5.30. The molecule has 0 saturated carbocycles. The lowest BCUT2D eigenvalue weighted by Crippen LogP contribution is -2.41. The molecular weight excluding hydrogens is 340 g/mol. The van der Waals surface area contributed by atoms with Gasteiger partial charge < -0.3 is 10.1 Å². The van der Waals surface area contributed by atoms with Crippen molar-refractivity contribution >= 4 is 21.6 Å². The van der Waals surface area contributed by atoms with Crippen molar-refractivity contribution in [2.45, 2.75) is 31.7 Å². The van der Waals surface area contributed by atoms with Gasteiger partial charge in [-0.05, 0) is 57.2 Å². The number of hydrogen-bond donors (Lipinski definition) is 2. The molecule has 2 aromatic rings. The molecule has 2 N–H and O–H groups in total. The SMILES string of the molecule is CCOc1ccc(NC(=O)[C@@H](C)NS(=O)(=O)c2ccc(C)cc2)cc1. The van der Waals surface area contributed by atoms with Crippen molar-refractivity contribution in [2.75, 3.05) is 11.9 Å². The highest BCUT2D eigenvalue weighted by Crippen LogP contribution is 2.16. The van der Waals surface area contributed by atoms with E-state index in [1.165, 1.54) is 19.1 Å². The van der Waals surface area contributed by atoms with Gasteiger partial charge >= 0.3 is 0 Å². The smallest absolute Gasteiger partial charge is 0.242 e. The van der Waals surface area contributed by atoms with Crippen molar-refractivity contribution in [1.82, 2.24) is 4.72 Å². The van der Waals surface area contributed by atoms with Crippen molar-refractivity contribution in [3.63, 3.8) is 0 Å². The Morgan fingerprint density at radius 2 is 1.68 bits per heavy atom. The van der Waals surface area contributed by atoms with E-state index in [2.05, 4.69) is 10.0 Å². The average Bonchev–Trinajstić information content (AvgIpc) is 2.57. The quantitative estimate of drug-likeness (QED) is 0.793. The third-order valence-corrected chi connectivity index (χ3v) is 5.05. The maximum Gasteiger partial charge on any atom is 0.242 e. The highest BCUT2D eigenvalue weighted by molar-refractivity contribution is 7.89. The molecule has 0 aromatic heterocycles. The Bertz CT molecular complexity index is 815. The van der Waals surface area contributed by atoms with Crippen LogP contribution in [0.1, 0.15) is 19.4 Å². The first-order valence-electron chi connectivity index (χ1n) is 7.94. The number of benzene rings is 2. The molecule has 134 valence electrons. The number of aryl methyl sites for hydroxylation is 1. The van der Waals surface area contributed by atoms with E-state index < -0.39 is 22.0 Å². The van der Waals surface area contributed by atoms with Gasteiger partial charge in [0.05, 0.1) is 17.5 Å². The van der Waals surface area contributed by atoms with Gasteiger partial charge in [0.1, 0.15) is 5.75 Å². The normalized spacial score (nSPS) is 12.4. The molecular formula is C18H22N2O4S. The van der Waals surface area contributed by atoms with Crippen molar-refractivity contribution < 1.29 is 17.9 Å². The Labute approximate surface area is 148 Å². The molecule has 1 atom stereocenters. The number of amides is 1. The molecule has 0 bridgehead atoms. The van der Waals surface area contributed by atoms with Crippen molar-refractivity contribution in [3.05, 3.63) is 54.1 Å². The first kappa shape index (κ1) is 19.0. The molecule has 0 saturated heterocycles. The second-order valence-electron chi connectivity index (χ2n) is 5.60. The molecule has 0 unspecified atom stereocenters. The number of nitrogens with one attached hydrogen (secondary N) is 2. The summed E-state index contributed by atoms with van der Waals surface area (Å²) in [5.74, 6) is 0.258. The van der Waals surface area contributed by atoms with Gasteiger partial charge in [0.15, 0.2) is 0 Å². The predicted molar refractivity (Wildman–Crippen MR) is 97.2 cm³/mol. The van der Waals surface area contributed by atoms with E-state index in [9.17, 15) is 13.2 Å². The fraction of sp³-hybridized carbons (Fsp3) is 0.278. The van der Waals surface area contributed by atoms with Crippen LogP contribution in [0.4, 0.5) is 5.69 Å². The van der Waals surface area contributed by atoms with E-state index in [4.69, 9.17) is 4.74 Å². The van der Waals surface area contributed by atoms with Crippen LogP contribution in [-0.4, -0.2) is 27.0 Å². The largest absolute Gasteiger partial charge is 0.494 e. The number of ether oxygens (including phenoxy) is 1. The number of hydrogen-bond acceptors (Lipinski definition) is 4. The van der Waals surface area contributed by atoms with Gasteiger partial charge in [0.2, 0.25) is 15.9 Å². The second kappa shape index (κ2) is 8.13. The highest BCUT2D eigenvalue weighted by Gasteiger charge is 2.22. The number of carbonyl (C=O) groups excluding carboxylic acids is 1. The fourth-order valence-corrected chi connectivity index (χ4v) is 3.33. The summed E-state index contributed by atoms with van der Waals surface area (Å²) >= 11 is 0. The van der Waals surface area contributed by atoms with Crippen molar-refractivity contribution in [3.8, 4) is 5.75 Å². The van der Waals surface area contributed by atoms with E-state index >= 15 is 0 Å². The van der Waals surface area contributed by atoms with Gasteiger partial charge in [-0.3, -0.25) is 4.79 Å². The number of carbonyl (C=O) groups is 1. The Kier molecular flexibility index (Phi) is 6.17. The Balaban J connectivity index is 2.00. The predicted octanol–water partition coefficient (Wildman–Crippen LogP) is 2.70. The maximum absolute atomic E-state index is 12.3. The van der Waals surface area contributed by atoms with E-state index in [1.54, 1.807) is 36.4 Å². The van der Waals surface area contributed by atoms with Gasteiger partial charge in [-0.25, -0.2) is 8.42 Å². The Morgan fingerprint density at radius 3 is 2.24 bits per heavy atom. The molecule has 0 radical (unpaired) electrons. The summed E-state index contributed by atoms with van der Waals surface area (Å²) in [6, 6.07) is 12.4. The van der Waals surface area contributed by atoms with Crippen LogP contribution in [0.25, 0.3) is 0 Å². The first-order chi connectivity index (χ1) is 11.8. The van der Waals surface area contributed by atoms with Crippen molar-refractivity contribution in [1.29, 1.82) is 0 Å². The van der Waals surface area contributed by atoms with Crippen LogP contribution in [0.15, 0.2) is 53.4 Å². The summed E-state index contributed by atoms with van der Waals surface area (Å²) < 4.78 is 32.4. The van der Waals surface area contributed by atoms with E-state index in [-0.39, 0.29) is 4.90 Å². The highest BCUT2D eigenvalue weighted by atomic mass is 32.2. The maximum atomic E-state index is 12.3. The lowest BCUT2D eigenvalue weighted by molar-refractivity contribution is -0.117. The molecule has 25 heavy (non-hydrogen) atoms. The summed E-state index contributed by atoms with van der Waals surface area (Å²) in [6.45, 7) is 5.81. The molecule has 2 rings (SSSR count). The van der Waals surface area contributed by atoms with Crippen LogP contribution in [0.2, 0.25) is 0 Å². The molecule has 0 fully saturated rings. The van der Waals surface area contributed by atoms with Crippen LogP contribution in [0.5, 0.6) is 5.75 Å². The molecule has 2 aromatic carbocycles. The first-order valence-corrected chi connectivity index (χ1v) is 9.43. The van der Waals surface area contributed by atoms with Crippen molar-refractivity contribution in [2.24, 2.45) is 0 Å². The minimum atomic E-state index is -3.76. The van der Waals surface area contributed by atoms with Crippen LogP contribution < -0.4 is 14.8 Å². The van der Waals surface area contributed by atoms with E-state index in [1.807, 2.05) is 13.8 Å². The van der Waals surface area contributed by atoms with Gasteiger partial charge in [0, 0.05) is 5.69 Å². The fourth-order valence-electron chi connectivity index (χ4n) is 2.12. The molecule has 7 heteroatoms. The van der Waals surface area contributed by atoms with Crippen LogP contribution in [0.3, 0.4) is 0 Å². The summed E-state index contributed by atoms with van der Waals surface area (Å²) in [6.07, 6.45) is 0. The van der Waals surface area contributed by atoms with Gasteiger partial charge in [-0.1, -0.05) is 17.7 Å². The molecule has 0 aliphatic heterocycles. The zero-order chi connectivity index (χ0) is 18.4. The van der Waals surface area contributed by atoms with Crippen LogP contribution in [-0.2, 0) is 14.8 Å². The topological polar surface area (TPSA) is 84.5 Å². The number of anilines is 1. The molecule has 0 aliphatic rings. The standard InChI is InChI=1S/C18H22N2O4S/c1-4-24-16-9-7-15(8-10-16)19-18(21)14(3)20-25(22,23)17-11-5-13(2)6-12-17/h5-12,14,20H,4H2,1-3H3,(H,19,21)/t14-/m1/s1. The van der Waals surface area contributed by atoms with Gasteiger partial charge in [-0.15, -0.1) is 0 Å². The zero-order valence-corrected chi connectivity index (χ0v) is 15.3. The van der Waals surface area contributed by atoms with Crippen LogP contribution in [0, 0.1) is 6.92 Å². The molecule has 0 aliphatic carbocycles. The third-order valence-electron chi connectivity index (χ3n) is 3.49. The summed E-state index contributed by atoms with van der Waals surface area (Å²) in [7, 11) is -3.76. The minimum absolute atomic E-state index is 0.124. The number of sulfonamides is 1. The number of rotatable bonds is 7. The molecule has 0 spiro atoms. The minimum Gasteiger partial charge on any atom is -0.494 e. The Morgan fingerprint density at radius 1 is 1.08 bits per heavy atom. The second-order valence-corrected chi connectivity index (χ2v) is 7.32. The van der Waals surface area contributed by atoms with E-state index in [0.29, 0.717) is 18.0 Å². The molecule has 0 heterocycles. The zero-order valence-electron chi connectivity index (χ0n) is 14.4. The molecule has 6 nitrogen and oxygen atoms in total. The average molecular weight is 362 g/mol. The lowest BCUT2D eigenvalue weighted by Gasteiger charge is -2.15. The van der Waals surface area contributed by atoms with Crippen LogP contribution >= 0.6 is 0 Å².